The van der Waals surface area contributed by atoms with Crippen LogP contribution in [0.3, 0.4) is 0 Å². The van der Waals surface area contributed by atoms with Crippen molar-refractivity contribution in [2.45, 2.75) is 0 Å². The van der Waals surface area contributed by atoms with E-state index in [2.05, 4.69) is 70.0 Å². The molecular weight excluding hydrogens is 258 g/mol. The maximum Gasteiger partial charge on any atom is 0.120 e. The Kier molecular flexibility index (Phi) is 2.75. The van der Waals surface area contributed by atoms with Crippen LogP contribution < -0.4 is 0 Å². The smallest absolute Gasteiger partial charge is 0.120 e. The number of benzene rings is 3. The molecule has 0 radical (unpaired) electrons. The first-order valence-electron chi connectivity index (χ1n) is 6.88. The zero-order chi connectivity index (χ0) is 14.1. The largest absolute Gasteiger partial charge is 0.197 e. The number of rotatable bonds is 2. The van der Waals surface area contributed by atoms with Gasteiger partial charge in [0.2, 0.25) is 0 Å². The van der Waals surface area contributed by atoms with E-state index in [4.69, 9.17) is 0 Å². The molecule has 0 aliphatic heterocycles. The van der Waals surface area contributed by atoms with Gasteiger partial charge in [0.1, 0.15) is 11.0 Å². The van der Waals surface area contributed by atoms with E-state index >= 15 is 0 Å². The van der Waals surface area contributed by atoms with Gasteiger partial charge < -0.3 is 0 Å². The first-order chi connectivity index (χ1) is 10.4. The number of aromatic amines is 1. The summed E-state index contributed by atoms with van der Waals surface area (Å²) in [5.74, 6) is 0. The van der Waals surface area contributed by atoms with Crippen molar-refractivity contribution >= 4 is 11.0 Å². The van der Waals surface area contributed by atoms with E-state index in [9.17, 15) is 0 Å². The molecule has 0 unspecified atom stereocenters. The van der Waals surface area contributed by atoms with Gasteiger partial charge in [-0.2, -0.15) is 15.4 Å². The maximum atomic E-state index is 4.29. The summed E-state index contributed by atoms with van der Waals surface area (Å²) in [6.07, 6.45) is 0. The van der Waals surface area contributed by atoms with Crippen molar-refractivity contribution in [1.82, 2.24) is 15.4 Å². The Morgan fingerprint density at radius 2 is 1.29 bits per heavy atom. The van der Waals surface area contributed by atoms with Gasteiger partial charge in [0.25, 0.3) is 0 Å². The Hall–Kier alpha value is -2.94. The molecule has 0 saturated heterocycles. The molecule has 0 saturated carbocycles. The summed E-state index contributed by atoms with van der Waals surface area (Å²) < 4.78 is 0. The fourth-order valence-electron chi connectivity index (χ4n) is 2.67. The van der Waals surface area contributed by atoms with Crippen LogP contribution in [0.25, 0.3) is 33.3 Å². The lowest BCUT2D eigenvalue weighted by Gasteiger charge is -2.10. The fourth-order valence-corrected chi connectivity index (χ4v) is 2.67. The van der Waals surface area contributed by atoms with Gasteiger partial charge in [-0.3, -0.25) is 0 Å². The van der Waals surface area contributed by atoms with E-state index in [0.717, 1.165) is 16.6 Å². The Morgan fingerprint density at radius 3 is 2.14 bits per heavy atom. The van der Waals surface area contributed by atoms with Crippen molar-refractivity contribution in [3.05, 3.63) is 72.8 Å². The van der Waals surface area contributed by atoms with Crippen LogP contribution in [-0.4, -0.2) is 15.4 Å². The normalized spacial score (nSPS) is 10.9. The van der Waals surface area contributed by atoms with Crippen LogP contribution in [0.5, 0.6) is 0 Å². The minimum atomic E-state index is 0.885. The van der Waals surface area contributed by atoms with Gasteiger partial charge in [-0.15, -0.1) is 0 Å². The van der Waals surface area contributed by atoms with Crippen LogP contribution >= 0.6 is 0 Å². The third kappa shape index (κ3) is 1.99. The van der Waals surface area contributed by atoms with Crippen LogP contribution in [0.1, 0.15) is 0 Å². The first-order valence-corrected chi connectivity index (χ1v) is 6.88. The Labute approximate surface area is 122 Å². The quantitative estimate of drug-likeness (QED) is 0.591. The molecule has 4 aromatic rings. The van der Waals surface area contributed by atoms with Gasteiger partial charge in [-0.25, -0.2) is 0 Å². The zero-order valence-electron chi connectivity index (χ0n) is 11.3. The standard InChI is InChI=1S/C18H13N3/c1-2-7-13(8-3-1)14-9-4-5-10-15(14)16-11-6-12-17-18(16)20-21-19-17/h1-12H,(H,19,20,21). The molecule has 3 nitrogen and oxygen atoms in total. The Bertz CT molecular complexity index is 894. The van der Waals surface area contributed by atoms with E-state index < -0.39 is 0 Å². The molecule has 4 rings (SSSR count). The van der Waals surface area contributed by atoms with Crippen LogP contribution in [0, 0.1) is 0 Å². The highest BCUT2D eigenvalue weighted by atomic mass is 15.3. The number of nitrogens with zero attached hydrogens (tertiary/aromatic N) is 2. The van der Waals surface area contributed by atoms with Crippen molar-refractivity contribution in [3.8, 4) is 22.3 Å². The van der Waals surface area contributed by atoms with Gasteiger partial charge in [-0.1, -0.05) is 66.7 Å². The summed E-state index contributed by atoms with van der Waals surface area (Å²) in [5.41, 5.74) is 6.46. The second-order valence-corrected chi connectivity index (χ2v) is 4.91. The van der Waals surface area contributed by atoms with E-state index in [1.54, 1.807) is 0 Å². The lowest BCUT2D eigenvalue weighted by atomic mass is 9.94. The Balaban J connectivity index is 2.00. The highest BCUT2D eigenvalue weighted by Crippen LogP contribution is 2.34. The first kappa shape index (κ1) is 11.9. The maximum absolute atomic E-state index is 4.29. The number of aromatic nitrogens is 3. The molecule has 0 bridgehead atoms. The molecule has 0 aliphatic rings. The summed E-state index contributed by atoms with van der Waals surface area (Å²) in [5, 5.41) is 11.2. The second kappa shape index (κ2) is 4.87. The summed E-state index contributed by atoms with van der Waals surface area (Å²) in [7, 11) is 0. The van der Waals surface area contributed by atoms with Gasteiger partial charge >= 0.3 is 0 Å². The SMILES string of the molecule is c1ccc(-c2ccccc2-c2cccc3n[nH]nc23)cc1. The fraction of sp³-hybridized carbons (Fsp3) is 0. The van der Waals surface area contributed by atoms with Crippen molar-refractivity contribution < 1.29 is 0 Å². The number of para-hydroxylation sites is 1. The van der Waals surface area contributed by atoms with Gasteiger partial charge in [0.05, 0.1) is 0 Å². The molecule has 21 heavy (non-hydrogen) atoms. The minimum absolute atomic E-state index is 0.885. The van der Waals surface area contributed by atoms with E-state index in [1.807, 2.05) is 18.2 Å². The number of H-pyrrole nitrogens is 1. The molecule has 0 fully saturated rings. The summed E-state index contributed by atoms with van der Waals surface area (Å²) in [4.78, 5) is 0. The highest BCUT2D eigenvalue weighted by Gasteiger charge is 2.11. The van der Waals surface area contributed by atoms with E-state index in [-0.39, 0.29) is 0 Å². The van der Waals surface area contributed by atoms with E-state index in [0.29, 0.717) is 0 Å². The molecule has 0 atom stereocenters. The van der Waals surface area contributed by atoms with Crippen LogP contribution in [-0.2, 0) is 0 Å². The molecule has 1 N–H and O–H groups in total. The van der Waals surface area contributed by atoms with Crippen molar-refractivity contribution in [1.29, 1.82) is 0 Å². The third-order valence-electron chi connectivity index (χ3n) is 3.65. The van der Waals surface area contributed by atoms with E-state index in [1.165, 1.54) is 16.7 Å². The zero-order valence-corrected chi connectivity index (χ0v) is 11.3. The molecule has 0 aliphatic carbocycles. The lowest BCUT2D eigenvalue weighted by molar-refractivity contribution is 0.959. The number of hydrogen-bond acceptors (Lipinski definition) is 2. The average molecular weight is 271 g/mol. The molecule has 100 valence electrons. The van der Waals surface area contributed by atoms with Crippen LogP contribution in [0.15, 0.2) is 72.8 Å². The molecule has 3 heteroatoms. The summed E-state index contributed by atoms with van der Waals surface area (Å²) in [6, 6.07) is 24.9. The van der Waals surface area contributed by atoms with Crippen molar-refractivity contribution in [3.63, 3.8) is 0 Å². The summed E-state index contributed by atoms with van der Waals surface area (Å²) >= 11 is 0. The molecule has 1 heterocycles. The molecule has 0 amide bonds. The monoisotopic (exact) mass is 271 g/mol. The summed E-state index contributed by atoms with van der Waals surface area (Å²) in [6.45, 7) is 0. The van der Waals surface area contributed by atoms with Crippen LogP contribution in [0.4, 0.5) is 0 Å². The number of fused-ring (bicyclic) bond motifs is 1. The lowest BCUT2D eigenvalue weighted by Crippen LogP contribution is -1.86. The highest BCUT2D eigenvalue weighted by molar-refractivity contribution is 5.96. The molecule has 1 aromatic heterocycles. The molecule has 3 aromatic carbocycles. The molecule has 0 spiro atoms. The minimum Gasteiger partial charge on any atom is -0.197 e. The second-order valence-electron chi connectivity index (χ2n) is 4.91. The van der Waals surface area contributed by atoms with Crippen molar-refractivity contribution in [2.75, 3.05) is 0 Å². The van der Waals surface area contributed by atoms with Gasteiger partial charge in [0.15, 0.2) is 0 Å². The van der Waals surface area contributed by atoms with Crippen LogP contribution in [0.2, 0.25) is 0 Å². The van der Waals surface area contributed by atoms with Gasteiger partial charge in [0, 0.05) is 5.56 Å². The number of nitrogens with one attached hydrogen (secondary N) is 1. The third-order valence-corrected chi connectivity index (χ3v) is 3.65. The Morgan fingerprint density at radius 1 is 0.571 bits per heavy atom. The predicted molar refractivity (Wildman–Crippen MR) is 84.8 cm³/mol. The number of hydrogen-bond donors (Lipinski definition) is 1. The molecular formula is C18H13N3. The average Bonchev–Trinajstić information content (AvgIpc) is 3.04. The van der Waals surface area contributed by atoms with Gasteiger partial charge in [-0.05, 0) is 22.8 Å². The predicted octanol–water partition coefficient (Wildman–Crippen LogP) is 4.29. The van der Waals surface area contributed by atoms with Crippen molar-refractivity contribution in [2.24, 2.45) is 0 Å². The topological polar surface area (TPSA) is 41.6 Å².